The highest BCUT2D eigenvalue weighted by molar-refractivity contribution is 6.30. The summed E-state index contributed by atoms with van der Waals surface area (Å²) in [5.74, 6) is -1.06. The molecule has 0 saturated heterocycles. The summed E-state index contributed by atoms with van der Waals surface area (Å²) in [4.78, 5) is 15.4. The number of carbonyl (C=O) groups is 1. The molecule has 7 heteroatoms. The number of esters is 1. The molecule has 1 aliphatic heterocycles. The van der Waals surface area contributed by atoms with Gasteiger partial charge in [0.15, 0.2) is 0 Å². The number of rotatable bonds is 4. The van der Waals surface area contributed by atoms with E-state index in [1.807, 2.05) is 0 Å². The quantitative estimate of drug-likeness (QED) is 0.632. The first-order valence-electron chi connectivity index (χ1n) is 5.84. The molecule has 1 aromatic rings. The van der Waals surface area contributed by atoms with Crippen molar-refractivity contribution in [2.24, 2.45) is 15.2 Å². The van der Waals surface area contributed by atoms with E-state index in [-0.39, 0.29) is 11.6 Å². The highest BCUT2D eigenvalue weighted by Gasteiger charge is 2.32. The zero-order valence-electron chi connectivity index (χ0n) is 10.6. The molecule has 0 radical (unpaired) electrons. The number of benzene rings is 1. The second-order valence-electron chi connectivity index (χ2n) is 3.93. The van der Waals surface area contributed by atoms with Crippen LogP contribution in [-0.2, 0) is 15.2 Å². The van der Waals surface area contributed by atoms with E-state index in [0.717, 1.165) is 0 Å². The lowest BCUT2D eigenvalue weighted by atomic mass is 10.00. The zero-order chi connectivity index (χ0) is 14.6. The molecular weight excluding hydrogens is 285 g/mol. The second-order valence-corrected chi connectivity index (χ2v) is 4.37. The van der Waals surface area contributed by atoms with Crippen molar-refractivity contribution in [2.45, 2.75) is 12.6 Å². The standard InChI is InChI=1S/C13H11ClFN3O2/c1-2-20-12(19)3-4-13(16-8-17-18-13)9-5-10(14)7-11(15)6-9/h3-8H,2H2,1H3. The number of aliphatic imine (C=N–C) groups is 1. The minimum Gasteiger partial charge on any atom is -0.463 e. The van der Waals surface area contributed by atoms with E-state index < -0.39 is 17.4 Å². The lowest BCUT2D eigenvalue weighted by molar-refractivity contribution is -0.137. The van der Waals surface area contributed by atoms with Gasteiger partial charge in [-0.1, -0.05) is 11.6 Å². The number of ether oxygens (including phenoxy) is 1. The molecule has 0 saturated carbocycles. The molecule has 2 rings (SSSR count). The van der Waals surface area contributed by atoms with Crippen molar-refractivity contribution in [3.63, 3.8) is 0 Å². The van der Waals surface area contributed by atoms with Crippen molar-refractivity contribution >= 4 is 23.9 Å². The number of azo groups is 1. The summed E-state index contributed by atoms with van der Waals surface area (Å²) < 4.78 is 18.2. The lowest BCUT2D eigenvalue weighted by Gasteiger charge is -2.17. The maximum Gasteiger partial charge on any atom is 0.330 e. The van der Waals surface area contributed by atoms with Gasteiger partial charge in [0.2, 0.25) is 5.66 Å². The molecule has 1 unspecified atom stereocenters. The Hall–Kier alpha value is -2.08. The van der Waals surface area contributed by atoms with Gasteiger partial charge in [0.05, 0.1) is 6.61 Å². The van der Waals surface area contributed by atoms with E-state index in [0.29, 0.717) is 5.56 Å². The monoisotopic (exact) mass is 295 g/mol. The van der Waals surface area contributed by atoms with Gasteiger partial charge < -0.3 is 4.74 Å². The van der Waals surface area contributed by atoms with Crippen molar-refractivity contribution in [1.82, 2.24) is 0 Å². The third kappa shape index (κ3) is 3.08. The van der Waals surface area contributed by atoms with E-state index in [2.05, 4.69) is 15.2 Å². The van der Waals surface area contributed by atoms with Gasteiger partial charge in [0.1, 0.15) is 12.2 Å². The van der Waals surface area contributed by atoms with Crippen LogP contribution in [0.15, 0.2) is 45.6 Å². The van der Waals surface area contributed by atoms with E-state index in [1.165, 1.54) is 36.7 Å². The fourth-order valence-corrected chi connectivity index (χ4v) is 1.92. The molecule has 1 atom stereocenters. The Balaban J connectivity index is 2.38. The predicted octanol–water partition coefficient (Wildman–Crippen LogP) is 3.25. The minimum atomic E-state index is -1.28. The second kappa shape index (κ2) is 5.92. The van der Waals surface area contributed by atoms with Crippen LogP contribution in [0, 0.1) is 5.82 Å². The minimum absolute atomic E-state index is 0.209. The molecule has 0 spiro atoms. The topological polar surface area (TPSA) is 63.4 Å². The maximum absolute atomic E-state index is 13.4. The van der Waals surface area contributed by atoms with Gasteiger partial charge in [-0.25, -0.2) is 14.2 Å². The summed E-state index contributed by atoms with van der Waals surface area (Å²) in [6, 6.07) is 3.93. The van der Waals surface area contributed by atoms with Crippen molar-refractivity contribution in [1.29, 1.82) is 0 Å². The molecule has 5 nitrogen and oxygen atoms in total. The molecular formula is C13H11ClFN3O2. The Morgan fingerprint density at radius 3 is 2.90 bits per heavy atom. The van der Waals surface area contributed by atoms with Crippen LogP contribution in [0.2, 0.25) is 5.02 Å². The largest absolute Gasteiger partial charge is 0.463 e. The molecule has 1 aromatic carbocycles. The zero-order valence-corrected chi connectivity index (χ0v) is 11.3. The molecule has 0 amide bonds. The molecule has 0 fully saturated rings. The van der Waals surface area contributed by atoms with Crippen LogP contribution in [0.3, 0.4) is 0 Å². The Bertz CT molecular complexity index is 581. The summed E-state index contributed by atoms with van der Waals surface area (Å²) >= 11 is 5.82. The average molecular weight is 296 g/mol. The Kier molecular flexibility index (Phi) is 4.24. The number of hydrogen-bond donors (Lipinski definition) is 0. The van der Waals surface area contributed by atoms with Crippen LogP contribution < -0.4 is 0 Å². The third-order valence-corrected chi connectivity index (χ3v) is 2.76. The fourth-order valence-electron chi connectivity index (χ4n) is 1.70. The van der Waals surface area contributed by atoms with Gasteiger partial charge in [0.25, 0.3) is 0 Å². The number of carbonyl (C=O) groups excluding carboxylic acids is 1. The third-order valence-electron chi connectivity index (χ3n) is 2.54. The van der Waals surface area contributed by atoms with Crippen molar-refractivity contribution in [3.05, 3.63) is 46.8 Å². The normalized spacial score (nSPS) is 20.8. The van der Waals surface area contributed by atoms with E-state index >= 15 is 0 Å². The summed E-state index contributed by atoms with van der Waals surface area (Å²) in [7, 11) is 0. The molecule has 0 N–H and O–H groups in total. The van der Waals surface area contributed by atoms with Crippen LogP contribution >= 0.6 is 11.6 Å². The average Bonchev–Trinajstić information content (AvgIpc) is 2.86. The molecule has 104 valence electrons. The van der Waals surface area contributed by atoms with Crippen molar-refractivity contribution < 1.29 is 13.9 Å². The predicted molar refractivity (Wildman–Crippen MR) is 72.2 cm³/mol. The number of hydrogen-bond acceptors (Lipinski definition) is 5. The van der Waals surface area contributed by atoms with Gasteiger partial charge in [-0.15, -0.1) is 10.2 Å². The summed E-state index contributed by atoms with van der Waals surface area (Å²) in [6.45, 7) is 1.95. The highest BCUT2D eigenvalue weighted by Crippen LogP contribution is 2.34. The number of nitrogens with zero attached hydrogens (tertiary/aromatic N) is 3. The molecule has 20 heavy (non-hydrogen) atoms. The smallest absolute Gasteiger partial charge is 0.330 e. The van der Waals surface area contributed by atoms with Gasteiger partial charge in [-0.05, 0) is 31.2 Å². The summed E-state index contributed by atoms with van der Waals surface area (Å²) in [6.07, 6.45) is 3.81. The van der Waals surface area contributed by atoms with Crippen molar-refractivity contribution in [2.75, 3.05) is 6.61 Å². The van der Waals surface area contributed by atoms with Gasteiger partial charge in [-0.2, -0.15) is 0 Å². The van der Waals surface area contributed by atoms with Gasteiger partial charge in [0, 0.05) is 16.7 Å². The van der Waals surface area contributed by atoms with Crippen molar-refractivity contribution in [3.8, 4) is 0 Å². The van der Waals surface area contributed by atoms with Gasteiger partial charge in [-0.3, -0.25) is 0 Å². The van der Waals surface area contributed by atoms with E-state index in [9.17, 15) is 9.18 Å². The fraction of sp³-hybridized carbons (Fsp3) is 0.231. The molecule has 0 aliphatic carbocycles. The van der Waals surface area contributed by atoms with E-state index in [1.54, 1.807) is 6.92 Å². The first kappa shape index (κ1) is 14.3. The lowest BCUT2D eigenvalue weighted by Crippen LogP contribution is -2.17. The molecule has 1 heterocycles. The Labute approximate surface area is 119 Å². The van der Waals surface area contributed by atoms with E-state index in [4.69, 9.17) is 16.3 Å². The maximum atomic E-state index is 13.4. The number of halogens is 2. The summed E-state index contributed by atoms with van der Waals surface area (Å²) in [5.41, 5.74) is -0.904. The first-order valence-corrected chi connectivity index (χ1v) is 6.22. The highest BCUT2D eigenvalue weighted by atomic mass is 35.5. The molecule has 0 bridgehead atoms. The van der Waals surface area contributed by atoms with Crippen LogP contribution in [0.25, 0.3) is 0 Å². The van der Waals surface area contributed by atoms with Crippen LogP contribution in [0.4, 0.5) is 4.39 Å². The molecule has 0 aromatic heterocycles. The van der Waals surface area contributed by atoms with Gasteiger partial charge >= 0.3 is 5.97 Å². The first-order chi connectivity index (χ1) is 9.55. The van der Waals surface area contributed by atoms with Crippen LogP contribution in [-0.4, -0.2) is 18.9 Å². The SMILES string of the molecule is CCOC(=O)C=CC1(c2cc(F)cc(Cl)c2)N=CN=N1. The van der Waals surface area contributed by atoms with Crippen LogP contribution in [0.5, 0.6) is 0 Å². The Morgan fingerprint density at radius 2 is 2.30 bits per heavy atom. The molecule has 1 aliphatic rings. The van der Waals surface area contributed by atoms with Crippen LogP contribution in [0.1, 0.15) is 12.5 Å². The Morgan fingerprint density at radius 1 is 1.50 bits per heavy atom. The summed E-state index contributed by atoms with van der Waals surface area (Å²) in [5, 5.41) is 7.81.